The fourth-order valence-corrected chi connectivity index (χ4v) is 1.93. The number of hydrogen-bond acceptors (Lipinski definition) is 3. The molecule has 0 spiro atoms. The molecule has 21 heavy (non-hydrogen) atoms. The van der Waals surface area contributed by atoms with Gasteiger partial charge in [0.05, 0.1) is 20.6 Å². The van der Waals surface area contributed by atoms with Crippen LogP contribution in [-0.2, 0) is 4.74 Å². The number of piperazine rings is 1. The van der Waals surface area contributed by atoms with Gasteiger partial charge in [-0.1, -0.05) is 6.08 Å². The van der Waals surface area contributed by atoms with Crippen molar-refractivity contribution in [3.8, 4) is 0 Å². The topological polar surface area (TPSA) is 37.2 Å². The van der Waals surface area contributed by atoms with Gasteiger partial charge in [-0.3, -0.25) is 0 Å². The van der Waals surface area contributed by atoms with E-state index in [1.54, 1.807) is 4.90 Å². The quantitative estimate of drug-likeness (QED) is 0.778. The Hall–Kier alpha value is -1.49. The van der Waals surface area contributed by atoms with Gasteiger partial charge in [-0.25, -0.2) is 4.79 Å². The molecule has 1 N–H and O–H groups in total. The molecule has 1 aliphatic heterocycles. The minimum atomic E-state index is -0.423. The third-order valence-electron chi connectivity index (χ3n) is 3.04. The van der Waals surface area contributed by atoms with E-state index >= 15 is 0 Å². The maximum Gasteiger partial charge on any atom is 0.410 e. The van der Waals surface area contributed by atoms with Gasteiger partial charge in [0.2, 0.25) is 0 Å². The third-order valence-corrected chi connectivity index (χ3v) is 3.04. The molecule has 1 fully saturated rings. The molecule has 0 radical (unpaired) electrons. The van der Waals surface area contributed by atoms with Gasteiger partial charge in [0, 0.05) is 26.2 Å². The van der Waals surface area contributed by atoms with Gasteiger partial charge >= 0.3 is 6.09 Å². The van der Waals surface area contributed by atoms with Crippen LogP contribution in [0.25, 0.3) is 0 Å². The summed E-state index contributed by atoms with van der Waals surface area (Å²) in [6.07, 6.45) is 8.18. The second-order valence-corrected chi connectivity index (χ2v) is 6.68. The van der Waals surface area contributed by atoms with Gasteiger partial charge in [0.1, 0.15) is 5.60 Å². The number of nitrogens with one attached hydrogen (secondary N) is 1. The van der Waals surface area contributed by atoms with Crippen LogP contribution in [0.4, 0.5) is 4.79 Å². The van der Waals surface area contributed by atoms with E-state index in [0.717, 1.165) is 19.6 Å². The second kappa shape index (κ2) is 8.08. The largest absolute Gasteiger partial charge is 0.444 e. The summed E-state index contributed by atoms with van der Waals surface area (Å²) in [7, 11) is 4.26. The van der Waals surface area contributed by atoms with Crippen LogP contribution in [-0.4, -0.2) is 68.3 Å². The van der Waals surface area contributed by atoms with Gasteiger partial charge in [-0.15, -0.1) is 0 Å². The fraction of sp³-hybridized carbons (Fsp3) is 0.688. The smallest absolute Gasteiger partial charge is 0.410 e. The fourth-order valence-electron chi connectivity index (χ4n) is 1.93. The van der Waals surface area contributed by atoms with E-state index in [-0.39, 0.29) is 6.09 Å². The normalized spacial score (nSPS) is 17.2. The van der Waals surface area contributed by atoms with Crippen molar-refractivity contribution in [2.75, 3.05) is 46.8 Å². The summed E-state index contributed by atoms with van der Waals surface area (Å²) >= 11 is 0. The number of allylic oxidation sites excluding steroid dienone is 2. The number of quaternary nitrogens is 1. The van der Waals surface area contributed by atoms with Crippen molar-refractivity contribution in [1.29, 1.82) is 0 Å². The zero-order chi connectivity index (χ0) is 15.9. The molecular weight excluding hydrogens is 266 g/mol. The maximum atomic E-state index is 11.9. The zero-order valence-electron chi connectivity index (χ0n) is 14.1. The summed E-state index contributed by atoms with van der Waals surface area (Å²) in [5.41, 5.74) is -0.423. The van der Waals surface area contributed by atoms with E-state index in [1.165, 1.54) is 4.90 Å². The molecule has 5 heteroatoms. The molecule has 1 amide bonds. The summed E-state index contributed by atoms with van der Waals surface area (Å²) in [4.78, 5) is 17.4. The van der Waals surface area contributed by atoms with Gasteiger partial charge in [0.15, 0.2) is 0 Å². The molecule has 5 nitrogen and oxygen atoms in total. The highest BCUT2D eigenvalue weighted by atomic mass is 16.6. The molecule has 120 valence electrons. The Morgan fingerprint density at radius 1 is 1.14 bits per heavy atom. The van der Waals surface area contributed by atoms with E-state index in [1.807, 2.05) is 20.8 Å². The number of carbonyl (C=O) groups excluding carboxylic acids is 1. The molecular formula is C16H30N3O2+. The summed E-state index contributed by atoms with van der Waals surface area (Å²) in [6, 6.07) is 0. The standard InChI is InChI=1S/C16H29N3O2/c1-16(2,3)21-15(20)19-13-11-18(12-14-19)10-8-6-7-9-17(4)5/h6-8,10H,9,11-14H2,1-5H3/p+1/b7-6+,10-8+. The first-order valence-corrected chi connectivity index (χ1v) is 7.62. The summed E-state index contributed by atoms with van der Waals surface area (Å²) in [5.74, 6) is 0. The molecule has 0 bridgehead atoms. The highest BCUT2D eigenvalue weighted by molar-refractivity contribution is 5.68. The van der Waals surface area contributed by atoms with Crippen molar-refractivity contribution in [3.05, 3.63) is 24.4 Å². The van der Waals surface area contributed by atoms with Crippen LogP contribution < -0.4 is 4.90 Å². The monoisotopic (exact) mass is 296 g/mol. The average molecular weight is 296 g/mol. The number of hydrogen-bond donors (Lipinski definition) is 1. The van der Waals surface area contributed by atoms with Crippen LogP contribution in [0.3, 0.4) is 0 Å². The first kappa shape index (κ1) is 17.6. The first-order chi connectivity index (χ1) is 9.78. The molecule has 0 aromatic heterocycles. The van der Waals surface area contributed by atoms with Crippen molar-refractivity contribution < 1.29 is 14.4 Å². The molecule has 1 heterocycles. The van der Waals surface area contributed by atoms with Crippen LogP contribution in [0.15, 0.2) is 24.4 Å². The lowest BCUT2D eigenvalue weighted by Gasteiger charge is -2.35. The number of carbonyl (C=O) groups is 1. The van der Waals surface area contributed by atoms with Gasteiger partial charge in [0.25, 0.3) is 0 Å². The van der Waals surface area contributed by atoms with Crippen molar-refractivity contribution in [2.24, 2.45) is 0 Å². The van der Waals surface area contributed by atoms with Gasteiger partial charge < -0.3 is 19.4 Å². The van der Waals surface area contributed by atoms with E-state index < -0.39 is 5.60 Å². The number of nitrogens with zero attached hydrogens (tertiary/aromatic N) is 2. The maximum absolute atomic E-state index is 11.9. The van der Waals surface area contributed by atoms with Crippen LogP contribution in [0.2, 0.25) is 0 Å². The zero-order valence-corrected chi connectivity index (χ0v) is 14.1. The molecule has 0 unspecified atom stereocenters. The molecule has 0 atom stereocenters. The lowest BCUT2D eigenvalue weighted by atomic mass is 10.2. The van der Waals surface area contributed by atoms with Crippen molar-refractivity contribution in [2.45, 2.75) is 26.4 Å². The molecule has 1 saturated heterocycles. The summed E-state index contributed by atoms with van der Waals surface area (Å²) in [6.45, 7) is 9.83. The van der Waals surface area contributed by atoms with E-state index in [0.29, 0.717) is 13.1 Å². The Kier molecular flexibility index (Phi) is 6.75. The highest BCUT2D eigenvalue weighted by Gasteiger charge is 2.24. The molecule has 1 aliphatic rings. The minimum absolute atomic E-state index is 0.208. The van der Waals surface area contributed by atoms with Crippen molar-refractivity contribution in [1.82, 2.24) is 9.80 Å². The Labute approximate surface area is 128 Å². The Bertz CT molecular complexity index is 375. The third kappa shape index (κ3) is 7.75. The number of likely N-dealkylation sites (N-methyl/N-ethyl adjacent to an activating group) is 1. The Morgan fingerprint density at radius 3 is 2.29 bits per heavy atom. The molecule has 0 aromatic rings. The summed E-state index contributed by atoms with van der Waals surface area (Å²) < 4.78 is 5.38. The van der Waals surface area contributed by atoms with Gasteiger partial charge in [-0.05, 0) is 39.1 Å². The Morgan fingerprint density at radius 2 is 1.76 bits per heavy atom. The molecule has 0 aromatic carbocycles. The Balaban J connectivity index is 2.30. The van der Waals surface area contributed by atoms with Crippen LogP contribution in [0.1, 0.15) is 20.8 Å². The average Bonchev–Trinajstić information content (AvgIpc) is 2.36. The van der Waals surface area contributed by atoms with E-state index in [4.69, 9.17) is 4.74 Å². The molecule has 0 aliphatic carbocycles. The number of amides is 1. The van der Waals surface area contributed by atoms with E-state index in [9.17, 15) is 4.79 Å². The predicted octanol–water partition coefficient (Wildman–Crippen LogP) is 0.754. The van der Waals surface area contributed by atoms with Crippen molar-refractivity contribution >= 4 is 6.09 Å². The number of ether oxygens (including phenoxy) is 1. The SMILES string of the molecule is C[NH+](C)C/C=C/C=C/N1CCN(C(=O)OC(C)(C)C)CC1. The van der Waals surface area contributed by atoms with Crippen LogP contribution in [0.5, 0.6) is 0 Å². The highest BCUT2D eigenvalue weighted by Crippen LogP contribution is 2.11. The second-order valence-electron chi connectivity index (χ2n) is 6.68. The van der Waals surface area contributed by atoms with Crippen LogP contribution in [0, 0.1) is 0 Å². The lowest BCUT2D eigenvalue weighted by molar-refractivity contribution is -0.851. The first-order valence-electron chi connectivity index (χ1n) is 7.62. The lowest BCUT2D eigenvalue weighted by Crippen LogP contribution is -3.05. The minimum Gasteiger partial charge on any atom is -0.444 e. The predicted molar refractivity (Wildman–Crippen MR) is 85.3 cm³/mol. The molecule has 1 rings (SSSR count). The van der Waals surface area contributed by atoms with Crippen molar-refractivity contribution in [3.63, 3.8) is 0 Å². The van der Waals surface area contributed by atoms with E-state index in [2.05, 4.69) is 43.4 Å². The van der Waals surface area contributed by atoms with Gasteiger partial charge in [-0.2, -0.15) is 0 Å². The summed E-state index contributed by atoms with van der Waals surface area (Å²) in [5, 5.41) is 0. The van der Waals surface area contributed by atoms with Crippen LogP contribution >= 0.6 is 0 Å². The number of rotatable bonds is 4. The molecule has 0 saturated carbocycles.